The SMILES string of the molecule is C[C@H]1CN2C[C@H](c3ccccc3)N(CC(=O)O)C[C@H]2CC1(C)c1cccc(O)c1. The third kappa shape index (κ3) is 3.89. The summed E-state index contributed by atoms with van der Waals surface area (Å²) in [6, 6.07) is 18.3. The van der Waals surface area contributed by atoms with Crippen LogP contribution in [0.4, 0.5) is 0 Å². The Kier molecular flexibility index (Phi) is 5.36. The summed E-state index contributed by atoms with van der Waals surface area (Å²) < 4.78 is 0. The molecule has 2 saturated heterocycles. The molecule has 2 aromatic carbocycles. The molecule has 2 N–H and O–H groups in total. The fourth-order valence-electron chi connectivity index (χ4n) is 5.26. The Labute approximate surface area is 172 Å². The van der Waals surface area contributed by atoms with E-state index in [-0.39, 0.29) is 18.0 Å². The summed E-state index contributed by atoms with van der Waals surface area (Å²) in [6.07, 6.45) is 0.954. The molecule has 2 fully saturated rings. The van der Waals surface area contributed by atoms with Crippen LogP contribution in [0.15, 0.2) is 54.6 Å². The van der Waals surface area contributed by atoms with Crippen molar-refractivity contribution in [1.29, 1.82) is 0 Å². The first-order valence-corrected chi connectivity index (χ1v) is 10.4. The molecule has 154 valence electrons. The van der Waals surface area contributed by atoms with Crippen LogP contribution in [0.5, 0.6) is 5.75 Å². The van der Waals surface area contributed by atoms with Crippen LogP contribution in [0.2, 0.25) is 0 Å². The number of hydrogen-bond acceptors (Lipinski definition) is 4. The van der Waals surface area contributed by atoms with E-state index in [1.807, 2.05) is 30.3 Å². The van der Waals surface area contributed by atoms with Gasteiger partial charge in [-0.3, -0.25) is 14.6 Å². The largest absolute Gasteiger partial charge is 0.508 e. The highest BCUT2D eigenvalue weighted by molar-refractivity contribution is 5.69. The third-order valence-electron chi connectivity index (χ3n) is 7.09. The van der Waals surface area contributed by atoms with Crippen molar-refractivity contribution in [2.45, 2.75) is 37.8 Å². The van der Waals surface area contributed by atoms with Crippen LogP contribution in [0.25, 0.3) is 0 Å². The highest BCUT2D eigenvalue weighted by Gasteiger charge is 2.46. The number of piperazine rings is 1. The predicted octanol–water partition coefficient (Wildman–Crippen LogP) is 3.50. The van der Waals surface area contributed by atoms with E-state index in [0.29, 0.717) is 17.7 Å². The molecule has 29 heavy (non-hydrogen) atoms. The molecule has 4 rings (SSSR count). The fourth-order valence-corrected chi connectivity index (χ4v) is 5.26. The van der Waals surface area contributed by atoms with Gasteiger partial charge < -0.3 is 10.2 Å². The summed E-state index contributed by atoms with van der Waals surface area (Å²) in [7, 11) is 0. The van der Waals surface area contributed by atoms with E-state index in [9.17, 15) is 15.0 Å². The number of carboxylic acids is 1. The Balaban J connectivity index is 1.61. The van der Waals surface area contributed by atoms with Gasteiger partial charge in [-0.1, -0.05) is 56.3 Å². The minimum absolute atomic E-state index is 0.0472. The van der Waals surface area contributed by atoms with E-state index < -0.39 is 5.97 Å². The number of piperidine rings is 1. The van der Waals surface area contributed by atoms with Crippen molar-refractivity contribution < 1.29 is 15.0 Å². The maximum atomic E-state index is 11.6. The second-order valence-corrected chi connectivity index (χ2v) is 8.93. The van der Waals surface area contributed by atoms with Crippen molar-refractivity contribution in [3.63, 3.8) is 0 Å². The topological polar surface area (TPSA) is 64.0 Å². The summed E-state index contributed by atoms with van der Waals surface area (Å²) in [4.78, 5) is 16.2. The summed E-state index contributed by atoms with van der Waals surface area (Å²) in [6.45, 7) is 7.20. The van der Waals surface area contributed by atoms with Gasteiger partial charge in [0, 0.05) is 31.7 Å². The number of fused-ring (bicyclic) bond motifs is 1. The lowest BCUT2D eigenvalue weighted by atomic mass is 9.65. The van der Waals surface area contributed by atoms with E-state index in [1.54, 1.807) is 6.07 Å². The number of aromatic hydroxyl groups is 1. The molecule has 2 aromatic rings. The van der Waals surface area contributed by atoms with Crippen LogP contribution in [-0.4, -0.2) is 58.2 Å². The molecule has 2 heterocycles. The predicted molar refractivity (Wildman–Crippen MR) is 113 cm³/mol. The zero-order valence-electron chi connectivity index (χ0n) is 17.2. The van der Waals surface area contributed by atoms with Gasteiger partial charge >= 0.3 is 5.97 Å². The van der Waals surface area contributed by atoms with E-state index in [1.165, 1.54) is 11.1 Å². The Bertz CT molecular complexity index is 871. The zero-order chi connectivity index (χ0) is 20.6. The van der Waals surface area contributed by atoms with E-state index in [0.717, 1.165) is 26.1 Å². The Morgan fingerprint density at radius 1 is 1.10 bits per heavy atom. The number of carboxylic acid groups (broad SMARTS) is 1. The Hall–Kier alpha value is -2.37. The smallest absolute Gasteiger partial charge is 0.317 e. The van der Waals surface area contributed by atoms with Crippen molar-refractivity contribution in [3.8, 4) is 5.75 Å². The minimum Gasteiger partial charge on any atom is -0.508 e. The van der Waals surface area contributed by atoms with Crippen LogP contribution in [0.1, 0.15) is 37.4 Å². The molecule has 0 saturated carbocycles. The number of nitrogens with zero attached hydrogens (tertiary/aromatic N) is 2. The first-order valence-electron chi connectivity index (χ1n) is 10.4. The molecule has 0 aliphatic carbocycles. The maximum Gasteiger partial charge on any atom is 0.317 e. The Morgan fingerprint density at radius 2 is 1.86 bits per heavy atom. The monoisotopic (exact) mass is 394 g/mol. The molecule has 0 spiro atoms. The average molecular weight is 395 g/mol. The maximum absolute atomic E-state index is 11.6. The fraction of sp³-hybridized carbons (Fsp3) is 0.458. The van der Waals surface area contributed by atoms with Crippen LogP contribution in [0.3, 0.4) is 0 Å². The lowest BCUT2D eigenvalue weighted by Gasteiger charge is -2.55. The van der Waals surface area contributed by atoms with Crippen molar-refractivity contribution in [1.82, 2.24) is 9.80 Å². The van der Waals surface area contributed by atoms with E-state index in [4.69, 9.17) is 0 Å². The van der Waals surface area contributed by atoms with Gasteiger partial charge in [0.2, 0.25) is 0 Å². The lowest BCUT2D eigenvalue weighted by molar-refractivity contribution is -0.141. The van der Waals surface area contributed by atoms with Crippen molar-refractivity contribution in [2.75, 3.05) is 26.2 Å². The van der Waals surface area contributed by atoms with Crippen molar-refractivity contribution >= 4 is 5.97 Å². The average Bonchev–Trinajstić information content (AvgIpc) is 2.69. The zero-order valence-corrected chi connectivity index (χ0v) is 17.2. The lowest BCUT2D eigenvalue weighted by Crippen LogP contribution is -2.62. The van der Waals surface area contributed by atoms with Crippen LogP contribution >= 0.6 is 0 Å². The van der Waals surface area contributed by atoms with Gasteiger partial charge in [-0.15, -0.1) is 0 Å². The standard InChI is InChI=1S/C24H30N2O3/c1-17-13-25-15-22(18-7-4-3-5-8-18)26(16-23(28)29)14-20(25)12-24(17,2)19-9-6-10-21(27)11-19/h3-11,17,20,22,27H,12-16H2,1-2H3,(H,28,29)/t17-,20+,22+,24?/m0/s1. The summed E-state index contributed by atoms with van der Waals surface area (Å²) in [5.74, 6) is -0.0408. The van der Waals surface area contributed by atoms with Crippen LogP contribution in [0, 0.1) is 5.92 Å². The molecule has 2 aliphatic rings. The van der Waals surface area contributed by atoms with E-state index in [2.05, 4.69) is 41.8 Å². The number of rotatable bonds is 4. The van der Waals surface area contributed by atoms with Gasteiger partial charge in [0.05, 0.1) is 6.54 Å². The molecule has 0 radical (unpaired) electrons. The quantitative estimate of drug-likeness (QED) is 0.831. The molecule has 0 bridgehead atoms. The second-order valence-electron chi connectivity index (χ2n) is 8.93. The van der Waals surface area contributed by atoms with Gasteiger partial charge in [-0.05, 0) is 41.0 Å². The molecule has 4 atom stereocenters. The number of phenols is 1. The molecule has 0 aromatic heterocycles. The van der Waals surface area contributed by atoms with Crippen molar-refractivity contribution in [2.24, 2.45) is 5.92 Å². The minimum atomic E-state index is -0.778. The first kappa shape index (κ1) is 19.9. The molecule has 5 heteroatoms. The highest BCUT2D eigenvalue weighted by Crippen LogP contribution is 2.45. The number of aliphatic carboxylic acids is 1. The molecule has 0 amide bonds. The molecular formula is C24H30N2O3. The van der Waals surface area contributed by atoms with Gasteiger partial charge in [0.15, 0.2) is 0 Å². The van der Waals surface area contributed by atoms with Crippen molar-refractivity contribution in [3.05, 3.63) is 65.7 Å². The second kappa shape index (κ2) is 7.81. The Morgan fingerprint density at radius 3 is 2.55 bits per heavy atom. The van der Waals surface area contributed by atoms with Gasteiger partial charge in [-0.2, -0.15) is 0 Å². The molecule has 1 unspecified atom stereocenters. The number of hydrogen-bond donors (Lipinski definition) is 2. The van der Waals surface area contributed by atoms with Gasteiger partial charge in [0.1, 0.15) is 5.75 Å². The molecular weight excluding hydrogens is 364 g/mol. The van der Waals surface area contributed by atoms with Gasteiger partial charge in [-0.25, -0.2) is 0 Å². The van der Waals surface area contributed by atoms with Crippen LogP contribution < -0.4 is 0 Å². The third-order valence-corrected chi connectivity index (χ3v) is 7.09. The number of carbonyl (C=O) groups is 1. The number of benzene rings is 2. The molecule has 5 nitrogen and oxygen atoms in total. The normalized spacial score (nSPS) is 30.6. The van der Waals surface area contributed by atoms with Crippen LogP contribution in [-0.2, 0) is 10.2 Å². The first-order chi connectivity index (χ1) is 13.9. The van der Waals surface area contributed by atoms with Gasteiger partial charge in [0.25, 0.3) is 0 Å². The molecule has 2 aliphatic heterocycles. The highest BCUT2D eigenvalue weighted by atomic mass is 16.4. The number of phenolic OH excluding ortho intramolecular Hbond substituents is 1. The summed E-state index contributed by atoms with van der Waals surface area (Å²) in [5, 5.41) is 19.5. The summed E-state index contributed by atoms with van der Waals surface area (Å²) >= 11 is 0. The van der Waals surface area contributed by atoms with E-state index >= 15 is 0 Å². The summed E-state index contributed by atoms with van der Waals surface area (Å²) in [5.41, 5.74) is 2.30.